The van der Waals surface area contributed by atoms with Gasteiger partial charge < -0.3 is 5.32 Å². The predicted molar refractivity (Wildman–Crippen MR) is 70.3 cm³/mol. The van der Waals surface area contributed by atoms with Crippen LogP contribution in [0.4, 0.5) is 0 Å². The van der Waals surface area contributed by atoms with Gasteiger partial charge in [-0.1, -0.05) is 25.6 Å². The van der Waals surface area contributed by atoms with Crippen molar-refractivity contribution in [2.24, 2.45) is 5.92 Å². The summed E-state index contributed by atoms with van der Waals surface area (Å²) in [6, 6.07) is 0. The fourth-order valence-electron chi connectivity index (χ4n) is 1.34. The van der Waals surface area contributed by atoms with E-state index in [4.69, 9.17) is 0 Å². The minimum Gasteiger partial charge on any atom is -0.352 e. The van der Waals surface area contributed by atoms with E-state index >= 15 is 0 Å². The van der Waals surface area contributed by atoms with Gasteiger partial charge in [-0.05, 0) is 25.5 Å². The Labute approximate surface area is 107 Å². The van der Waals surface area contributed by atoms with E-state index in [0.717, 1.165) is 12.1 Å². The van der Waals surface area contributed by atoms with Crippen molar-refractivity contribution in [2.45, 2.75) is 32.3 Å². The molecule has 4 nitrogen and oxygen atoms in total. The van der Waals surface area contributed by atoms with Crippen molar-refractivity contribution in [3.8, 4) is 0 Å². The highest BCUT2D eigenvalue weighted by Gasteiger charge is 2.11. The van der Waals surface area contributed by atoms with Gasteiger partial charge >= 0.3 is 0 Å². The second-order valence-electron chi connectivity index (χ2n) is 4.29. The van der Waals surface area contributed by atoms with Crippen molar-refractivity contribution in [2.75, 3.05) is 12.8 Å². The molecule has 1 heterocycles. The van der Waals surface area contributed by atoms with Crippen LogP contribution in [0.1, 0.15) is 36.3 Å². The van der Waals surface area contributed by atoms with Crippen LogP contribution in [-0.4, -0.2) is 28.7 Å². The molecule has 0 fully saturated rings. The molecule has 1 N–H and O–H groups in total. The molecule has 0 aliphatic heterocycles. The molecule has 0 aliphatic carbocycles. The highest BCUT2D eigenvalue weighted by Crippen LogP contribution is 2.11. The second kappa shape index (κ2) is 6.59. The van der Waals surface area contributed by atoms with Crippen molar-refractivity contribution in [1.29, 1.82) is 0 Å². The van der Waals surface area contributed by atoms with Crippen molar-refractivity contribution in [1.82, 2.24) is 15.3 Å². The lowest BCUT2D eigenvalue weighted by atomic mass is 10.1. The summed E-state index contributed by atoms with van der Waals surface area (Å²) in [7, 11) is 0. The van der Waals surface area contributed by atoms with E-state index in [0.29, 0.717) is 23.2 Å². The van der Waals surface area contributed by atoms with Crippen LogP contribution in [0.15, 0.2) is 11.4 Å². The van der Waals surface area contributed by atoms with E-state index in [1.807, 2.05) is 13.2 Å². The van der Waals surface area contributed by atoms with Crippen LogP contribution in [0.25, 0.3) is 0 Å². The molecule has 0 unspecified atom stereocenters. The smallest absolute Gasteiger partial charge is 0.254 e. The molecule has 0 radical (unpaired) electrons. The third kappa shape index (κ3) is 4.34. The molecule has 1 amide bonds. The minimum atomic E-state index is -0.0872. The van der Waals surface area contributed by atoms with E-state index in [1.165, 1.54) is 11.8 Å². The Bertz CT molecular complexity index is 393. The molecule has 1 aromatic rings. The summed E-state index contributed by atoms with van der Waals surface area (Å²) in [6.45, 7) is 6.79. The quantitative estimate of drug-likeness (QED) is 0.646. The number of thioether (sulfide) groups is 1. The van der Waals surface area contributed by atoms with E-state index in [1.54, 1.807) is 6.20 Å². The van der Waals surface area contributed by atoms with Crippen LogP contribution in [-0.2, 0) is 0 Å². The Balaban J connectivity index is 2.63. The molecule has 0 spiro atoms. The van der Waals surface area contributed by atoms with Crippen LogP contribution < -0.4 is 5.32 Å². The summed E-state index contributed by atoms with van der Waals surface area (Å²) in [5.41, 5.74) is 1.29. The highest BCUT2D eigenvalue weighted by molar-refractivity contribution is 7.98. The Morgan fingerprint density at radius 2 is 2.24 bits per heavy atom. The first-order valence-corrected chi connectivity index (χ1v) is 6.93. The summed E-state index contributed by atoms with van der Waals surface area (Å²) < 4.78 is 0. The lowest BCUT2D eigenvalue weighted by Gasteiger charge is -2.08. The number of hydrogen-bond acceptors (Lipinski definition) is 4. The second-order valence-corrected chi connectivity index (χ2v) is 5.07. The molecule has 1 rings (SSSR count). The number of aryl methyl sites for hydroxylation is 1. The number of carbonyl (C=O) groups is 1. The molecule has 0 saturated carbocycles. The molecular formula is C12H19N3OS. The van der Waals surface area contributed by atoms with Gasteiger partial charge in [0, 0.05) is 12.7 Å². The number of amides is 1. The molecule has 94 valence electrons. The van der Waals surface area contributed by atoms with Gasteiger partial charge in [0.2, 0.25) is 0 Å². The van der Waals surface area contributed by atoms with Gasteiger partial charge in [-0.25, -0.2) is 9.97 Å². The van der Waals surface area contributed by atoms with Gasteiger partial charge in [0.25, 0.3) is 5.91 Å². The molecule has 0 saturated heterocycles. The van der Waals surface area contributed by atoms with Gasteiger partial charge in [0.05, 0.1) is 11.3 Å². The van der Waals surface area contributed by atoms with Gasteiger partial charge in [-0.2, -0.15) is 0 Å². The standard InChI is InChI=1S/C12H19N3OS/c1-8(2)5-6-13-11(16)10-7-14-12(17-4)15-9(10)3/h7-8H,5-6H2,1-4H3,(H,13,16). The summed E-state index contributed by atoms with van der Waals surface area (Å²) >= 11 is 1.47. The monoisotopic (exact) mass is 253 g/mol. The van der Waals surface area contributed by atoms with Crippen molar-refractivity contribution >= 4 is 17.7 Å². The average Bonchev–Trinajstić information content (AvgIpc) is 2.28. The molecule has 0 bridgehead atoms. The summed E-state index contributed by atoms with van der Waals surface area (Å²) in [4.78, 5) is 20.2. The third-order valence-electron chi connectivity index (χ3n) is 2.39. The van der Waals surface area contributed by atoms with Crippen molar-refractivity contribution in [3.05, 3.63) is 17.5 Å². The maximum atomic E-state index is 11.8. The van der Waals surface area contributed by atoms with Gasteiger partial charge in [-0.15, -0.1) is 0 Å². The fourth-order valence-corrected chi connectivity index (χ4v) is 1.72. The van der Waals surface area contributed by atoms with E-state index in [9.17, 15) is 4.79 Å². The van der Waals surface area contributed by atoms with Crippen LogP contribution in [0.3, 0.4) is 0 Å². The maximum Gasteiger partial charge on any atom is 0.254 e. The lowest BCUT2D eigenvalue weighted by Crippen LogP contribution is -2.26. The number of carbonyl (C=O) groups excluding carboxylic acids is 1. The van der Waals surface area contributed by atoms with Crippen molar-refractivity contribution < 1.29 is 4.79 Å². The third-order valence-corrected chi connectivity index (χ3v) is 2.95. The minimum absolute atomic E-state index is 0.0872. The average molecular weight is 253 g/mol. The Morgan fingerprint density at radius 1 is 1.53 bits per heavy atom. The van der Waals surface area contributed by atoms with Crippen molar-refractivity contribution in [3.63, 3.8) is 0 Å². The summed E-state index contributed by atoms with van der Waals surface area (Å²) in [6.07, 6.45) is 4.49. The Morgan fingerprint density at radius 3 is 2.76 bits per heavy atom. The van der Waals surface area contributed by atoms with E-state index in [-0.39, 0.29) is 5.91 Å². The Kier molecular flexibility index (Phi) is 5.41. The Hall–Kier alpha value is -1.10. The highest BCUT2D eigenvalue weighted by atomic mass is 32.2. The molecule has 0 aliphatic rings. The number of nitrogens with one attached hydrogen (secondary N) is 1. The number of rotatable bonds is 5. The summed E-state index contributed by atoms with van der Waals surface area (Å²) in [5.74, 6) is 0.502. The first-order chi connectivity index (χ1) is 8.04. The fraction of sp³-hybridized carbons (Fsp3) is 0.583. The first-order valence-electron chi connectivity index (χ1n) is 5.70. The number of hydrogen-bond donors (Lipinski definition) is 1. The van der Waals surface area contributed by atoms with Crippen LogP contribution in [0.2, 0.25) is 0 Å². The molecule has 0 atom stereocenters. The number of aromatic nitrogens is 2. The largest absolute Gasteiger partial charge is 0.352 e. The van der Waals surface area contributed by atoms with E-state index in [2.05, 4.69) is 29.1 Å². The lowest BCUT2D eigenvalue weighted by molar-refractivity contribution is 0.0950. The van der Waals surface area contributed by atoms with Gasteiger partial charge in [-0.3, -0.25) is 4.79 Å². The number of nitrogens with zero attached hydrogens (tertiary/aromatic N) is 2. The molecular weight excluding hydrogens is 234 g/mol. The van der Waals surface area contributed by atoms with E-state index < -0.39 is 0 Å². The maximum absolute atomic E-state index is 11.8. The normalized spacial score (nSPS) is 10.6. The van der Waals surface area contributed by atoms with Gasteiger partial charge in [0.1, 0.15) is 0 Å². The zero-order chi connectivity index (χ0) is 12.8. The van der Waals surface area contributed by atoms with Crippen LogP contribution >= 0.6 is 11.8 Å². The molecule has 5 heteroatoms. The first kappa shape index (κ1) is 14.0. The zero-order valence-corrected chi connectivity index (χ0v) is 11.6. The van der Waals surface area contributed by atoms with Gasteiger partial charge in [0.15, 0.2) is 5.16 Å². The molecule has 0 aromatic carbocycles. The zero-order valence-electron chi connectivity index (χ0n) is 10.8. The SMILES string of the molecule is CSc1ncc(C(=O)NCCC(C)C)c(C)n1. The molecule has 17 heavy (non-hydrogen) atoms. The predicted octanol–water partition coefficient (Wildman–Crippen LogP) is 2.28. The summed E-state index contributed by atoms with van der Waals surface area (Å²) in [5, 5.41) is 3.58. The molecule has 1 aromatic heterocycles. The topological polar surface area (TPSA) is 54.9 Å². The van der Waals surface area contributed by atoms with Crippen LogP contribution in [0, 0.1) is 12.8 Å². The van der Waals surface area contributed by atoms with Crippen LogP contribution in [0.5, 0.6) is 0 Å².